The van der Waals surface area contributed by atoms with E-state index in [-0.39, 0.29) is 17.1 Å². The molecule has 0 aromatic heterocycles. The predicted octanol–water partition coefficient (Wildman–Crippen LogP) is 0.542. The van der Waals surface area contributed by atoms with Gasteiger partial charge in [0.2, 0.25) is 0 Å². The normalized spacial score (nSPS) is 16.9. The first kappa shape index (κ1) is 15.4. The van der Waals surface area contributed by atoms with E-state index >= 15 is 0 Å². The minimum absolute atomic E-state index is 0.155. The van der Waals surface area contributed by atoms with Crippen molar-refractivity contribution in [3.8, 4) is 5.75 Å². The summed E-state index contributed by atoms with van der Waals surface area (Å²) in [5, 5.41) is 11.7. The summed E-state index contributed by atoms with van der Waals surface area (Å²) in [5.41, 5.74) is 5.99. The second-order valence-electron chi connectivity index (χ2n) is 4.58. The number of amidine groups is 1. The van der Waals surface area contributed by atoms with Crippen LogP contribution < -0.4 is 15.2 Å². The maximum atomic E-state index is 12.3. The second kappa shape index (κ2) is 6.19. The summed E-state index contributed by atoms with van der Waals surface area (Å²) in [6.07, 6.45) is 1.67. The molecule has 0 atom stereocenters. The number of nitrogens with one attached hydrogen (secondary N) is 1. The highest BCUT2D eigenvalue weighted by Crippen LogP contribution is 2.30. The summed E-state index contributed by atoms with van der Waals surface area (Å²) in [6, 6.07) is 4.76. The Balaban J connectivity index is 2.42. The lowest BCUT2D eigenvalue weighted by atomic mass is 10.1. The quantitative estimate of drug-likeness (QED) is 0.317. The molecule has 0 bridgehead atoms. The largest absolute Gasteiger partial charge is 0.495 e. The van der Waals surface area contributed by atoms with Crippen LogP contribution in [-0.2, 0) is 10.2 Å². The third-order valence-electron chi connectivity index (χ3n) is 3.27. The Morgan fingerprint density at radius 2 is 2.10 bits per heavy atom. The Hall–Kier alpha value is -2.00. The number of nitrogens with two attached hydrogens (primary N) is 1. The van der Waals surface area contributed by atoms with Crippen molar-refractivity contribution in [1.29, 1.82) is 0 Å². The first-order chi connectivity index (χ1) is 9.99. The number of anilines is 1. The highest BCUT2D eigenvalue weighted by molar-refractivity contribution is 7.90. The van der Waals surface area contributed by atoms with Crippen molar-refractivity contribution < 1.29 is 18.4 Å². The standard InChI is InChI=1S/C12H18N4O4S/c1-20-10-6-4-5-9(12(13)14-17)11(10)15-21(18,19)16-7-2-3-8-16/h4-6,15,17H,2-3,7-8H2,1H3,(H2,13,14). The molecule has 1 heterocycles. The van der Waals surface area contributed by atoms with Crippen LogP contribution in [0.4, 0.5) is 5.69 Å². The first-order valence-corrected chi connectivity index (χ1v) is 7.86. The third kappa shape index (κ3) is 3.19. The lowest BCUT2D eigenvalue weighted by molar-refractivity contribution is 0.318. The summed E-state index contributed by atoms with van der Waals surface area (Å²) < 4.78 is 33.7. The molecule has 0 spiro atoms. The van der Waals surface area contributed by atoms with Crippen molar-refractivity contribution >= 4 is 21.7 Å². The van der Waals surface area contributed by atoms with Crippen LogP contribution >= 0.6 is 0 Å². The molecule has 1 aromatic rings. The van der Waals surface area contributed by atoms with E-state index in [2.05, 4.69) is 9.88 Å². The van der Waals surface area contributed by atoms with Gasteiger partial charge in [0.1, 0.15) is 11.4 Å². The van der Waals surface area contributed by atoms with Gasteiger partial charge in [-0.25, -0.2) is 0 Å². The zero-order chi connectivity index (χ0) is 15.5. The average Bonchev–Trinajstić information content (AvgIpc) is 3.01. The van der Waals surface area contributed by atoms with E-state index in [0.717, 1.165) is 12.8 Å². The highest BCUT2D eigenvalue weighted by Gasteiger charge is 2.27. The average molecular weight is 314 g/mol. The van der Waals surface area contributed by atoms with Crippen LogP contribution in [0.15, 0.2) is 23.4 Å². The maximum absolute atomic E-state index is 12.3. The molecular weight excluding hydrogens is 296 g/mol. The maximum Gasteiger partial charge on any atom is 0.301 e. The molecule has 0 amide bonds. The zero-order valence-corrected chi connectivity index (χ0v) is 12.4. The Bertz CT molecular complexity index is 639. The monoisotopic (exact) mass is 314 g/mol. The molecule has 1 saturated heterocycles. The van der Waals surface area contributed by atoms with Crippen LogP contribution in [0.3, 0.4) is 0 Å². The van der Waals surface area contributed by atoms with Crippen molar-refractivity contribution in [2.75, 3.05) is 24.9 Å². The van der Waals surface area contributed by atoms with Gasteiger partial charge >= 0.3 is 10.2 Å². The summed E-state index contributed by atoms with van der Waals surface area (Å²) in [6.45, 7) is 0.951. The van der Waals surface area contributed by atoms with Gasteiger partial charge < -0.3 is 15.7 Å². The molecule has 0 radical (unpaired) electrons. The van der Waals surface area contributed by atoms with Crippen LogP contribution in [0.2, 0.25) is 0 Å². The number of benzene rings is 1. The van der Waals surface area contributed by atoms with Crippen LogP contribution in [-0.4, -0.2) is 44.0 Å². The number of hydrogen-bond acceptors (Lipinski definition) is 5. The summed E-state index contributed by atoms with van der Waals surface area (Å²) in [7, 11) is -2.28. The number of hydrogen-bond donors (Lipinski definition) is 3. The second-order valence-corrected chi connectivity index (χ2v) is 6.25. The van der Waals surface area contributed by atoms with Crippen molar-refractivity contribution in [2.24, 2.45) is 10.9 Å². The molecule has 0 saturated carbocycles. The van der Waals surface area contributed by atoms with Gasteiger partial charge in [0.05, 0.1) is 7.11 Å². The molecule has 1 fully saturated rings. The van der Waals surface area contributed by atoms with Crippen molar-refractivity contribution in [1.82, 2.24) is 4.31 Å². The molecule has 8 nitrogen and oxygen atoms in total. The van der Waals surface area contributed by atoms with Crippen LogP contribution in [0.25, 0.3) is 0 Å². The molecule has 4 N–H and O–H groups in total. The number of rotatable bonds is 5. The van der Waals surface area contributed by atoms with Gasteiger partial charge in [-0.3, -0.25) is 4.72 Å². The first-order valence-electron chi connectivity index (χ1n) is 6.42. The number of nitrogens with zero attached hydrogens (tertiary/aromatic N) is 2. The molecule has 1 aliphatic heterocycles. The van der Waals surface area contributed by atoms with Gasteiger partial charge in [0, 0.05) is 18.7 Å². The van der Waals surface area contributed by atoms with E-state index in [1.807, 2.05) is 0 Å². The van der Waals surface area contributed by atoms with E-state index in [9.17, 15) is 8.42 Å². The molecular formula is C12H18N4O4S. The summed E-state index contributed by atoms with van der Waals surface area (Å²) in [5.74, 6) is 0.0925. The molecule has 2 rings (SSSR count). The molecule has 1 aromatic carbocycles. The Morgan fingerprint density at radius 3 is 2.67 bits per heavy atom. The van der Waals surface area contributed by atoms with E-state index in [0.29, 0.717) is 18.8 Å². The number of ether oxygens (including phenoxy) is 1. The van der Waals surface area contributed by atoms with Crippen molar-refractivity contribution in [2.45, 2.75) is 12.8 Å². The van der Waals surface area contributed by atoms with E-state index < -0.39 is 10.2 Å². The Kier molecular flexibility index (Phi) is 4.53. The van der Waals surface area contributed by atoms with E-state index in [1.54, 1.807) is 18.2 Å². The van der Waals surface area contributed by atoms with E-state index in [4.69, 9.17) is 15.7 Å². The smallest absolute Gasteiger partial charge is 0.301 e. The van der Waals surface area contributed by atoms with Gasteiger partial charge in [-0.2, -0.15) is 12.7 Å². The fourth-order valence-corrected chi connectivity index (χ4v) is 3.53. The highest BCUT2D eigenvalue weighted by atomic mass is 32.2. The van der Waals surface area contributed by atoms with E-state index in [1.165, 1.54) is 11.4 Å². The molecule has 0 aliphatic carbocycles. The zero-order valence-electron chi connectivity index (χ0n) is 11.6. The van der Waals surface area contributed by atoms with Gasteiger partial charge in [-0.15, -0.1) is 0 Å². The fraction of sp³-hybridized carbons (Fsp3) is 0.417. The van der Waals surface area contributed by atoms with Crippen LogP contribution in [0, 0.1) is 0 Å². The topological polar surface area (TPSA) is 117 Å². The van der Waals surface area contributed by atoms with Gasteiger partial charge in [-0.1, -0.05) is 11.2 Å². The van der Waals surface area contributed by atoms with Gasteiger partial charge in [0.25, 0.3) is 0 Å². The van der Waals surface area contributed by atoms with Crippen LogP contribution in [0.1, 0.15) is 18.4 Å². The number of oxime groups is 1. The number of para-hydroxylation sites is 1. The summed E-state index contributed by atoms with van der Waals surface area (Å²) in [4.78, 5) is 0. The minimum Gasteiger partial charge on any atom is -0.495 e. The SMILES string of the molecule is COc1cccc(/C(N)=N/O)c1NS(=O)(=O)N1CCCC1. The molecule has 1 aliphatic rings. The lowest BCUT2D eigenvalue weighted by Gasteiger charge is -2.20. The third-order valence-corrected chi connectivity index (χ3v) is 4.77. The Morgan fingerprint density at radius 1 is 1.43 bits per heavy atom. The van der Waals surface area contributed by atoms with Crippen LogP contribution in [0.5, 0.6) is 5.75 Å². The predicted molar refractivity (Wildman–Crippen MR) is 78.9 cm³/mol. The van der Waals surface area contributed by atoms with Crippen molar-refractivity contribution in [3.63, 3.8) is 0 Å². The van der Waals surface area contributed by atoms with Gasteiger partial charge in [-0.05, 0) is 25.0 Å². The molecule has 116 valence electrons. The summed E-state index contributed by atoms with van der Waals surface area (Å²) >= 11 is 0. The minimum atomic E-state index is -3.70. The molecule has 21 heavy (non-hydrogen) atoms. The van der Waals surface area contributed by atoms with Crippen molar-refractivity contribution in [3.05, 3.63) is 23.8 Å². The molecule has 0 unspecified atom stereocenters. The van der Waals surface area contributed by atoms with Gasteiger partial charge in [0.15, 0.2) is 5.84 Å². The fourth-order valence-electron chi connectivity index (χ4n) is 2.20. The number of methoxy groups -OCH3 is 1. The lowest BCUT2D eigenvalue weighted by Crippen LogP contribution is -2.34. The molecule has 9 heteroatoms. The Labute approximate surface area is 123 Å².